The number of hydrogen-bond donors (Lipinski definition) is 0. The zero-order chi connectivity index (χ0) is 11.2. The van der Waals surface area contributed by atoms with Gasteiger partial charge < -0.3 is 4.90 Å². The molecule has 0 aromatic heterocycles. The van der Waals surface area contributed by atoms with E-state index in [1.165, 1.54) is 71.2 Å². The Morgan fingerprint density at radius 2 is 1.69 bits per heavy atom. The van der Waals surface area contributed by atoms with Crippen LogP contribution >= 0.6 is 15.9 Å². The van der Waals surface area contributed by atoms with Crippen LogP contribution in [0.2, 0.25) is 0 Å². The van der Waals surface area contributed by atoms with Crippen LogP contribution in [0.4, 0.5) is 0 Å². The summed E-state index contributed by atoms with van der Waals surface area (Å²) in [5.74, 6) is 0. The molecule has 0 aromatic carbocycles. The van der Waals surface area contributed by atoms with E-state index in [1.54, 1.807) is 0 Å². The molecule has 2 aliphatic rings. The number of rotatable bonds is 5. The highest BCUT2D eigenvalue weighted by Crippen LogP contribution is 2.19. The minimum absolute atomic E-state index is 0.812. The lowest BCUT2D eigenvalue weighted by Crippen LogP contribution is -2.41. The summed E-state index contributed by atoms with van der Waals surface area (Å²) in [6, 6.07) is 0.812. The van der Waals surface area contributed by atoms with Crippen molar-refractivity contribution in [3.63, 3.8) is 0 Å². The third kappa shape index (κ3) is 3.71. The number of hydrogen-bond acceptors (Lipinski definition) is 2. The molecule has 2 nitrogen and oxygen atoms in total. The van der Waals surface area contributed by atoms with Crippen molar-refractivity contribution in [1.29, 1.82) is 0 Å². The Morgan fingerprint density at radius 3 is 2.44 bits per heavy atom. The second kappa shape index (κ2) is 6.97. The van der Waals surface area contributed by atoms with Gasteiger partial charge >= 0.3 is 0 Å². The van der Waals surface area contributed by atoms with Crippen molar-refractivity contribution >= 4 is 15.9 Å². The second-order valence-corrected chi connectivity index (χ2v) is 5.89. The van der Waals surface area contributed by atoms with Crippen molar-refractivity contribution in [3.05, 3.63) is 0 Å². The first-order chi connectivity index (χ1) is 7.90. The molecule has 2 heterocycles. The fourth-order valence-corrected chi connectivity index (χ4v) is 3.77. The Labute approximate surface area is 108 Å². The standard InChI is InChI=1S/C13H25BrN2/c14-12-13-6-1-2-10-16(13)11-5-9-15-7-3-4-8-15/h13H,1-12H2. The van der Waals surface area contributed by atoms with Crippen LogP contribution in [0.5, 0.6) is 0 Å². The normalized spacial score (nSPS) is 28.7. The van der Waals surface area contributed by atoms with Crippen molar-refractivity contribution in [2.75, 3.05) is 38.1 Å². The van der Waals surface area contributed by atoms with Gasteiger partial charge in [-0.2, -0.15) is 0 Å². The maximum absolute atomic E-state index is 3.66. The van der Waals surface area contributed by atoms with E-state index >= 15 is 0 Å². The smallest absolute Gasteiger partial charge is 0.0192 e. The van der Waals surface area contributed by atoms with Crippen molar-refractivity contribution in [1.82, 2.24) is 9.80 Å². The maximum Gasteiger partial charge on any atom is 0.0192 e. The lowest BCUT2D eigenvalue weighted by Gasteiger charge is -2.35. The molecule has 94 valence electrons. The summed E-state index contributed by atoms with van der Waals surface area (Å²) in [6.45, 7) is 6.66. The lowest BCUT2D eigenvalue weighted by molar-refractivity contribution is 0.156. The van der Waals surface area contributed by atoms with Crippen LogP contribution in [0.15, 0.2) is 0 Å². The summed E-state index contributed by atoms with van der Waals surface area (Å²) < 4.78 is 0. The molecule has 1 atom stereocenters. The van der Waals surface area contributed by atoms with Crippen LogP contribution in [-0.2, 0) is 0 Å². The predicted molar refractivity (Wildman–Crippen MR) is 73.3 cm³/mol. The summed E-state index contributed by atoms with van der Waals surface area (Å²) in [7, 11) is 0. The maximum atomic E-state index is 3.66. The van der Waals surface area contributed by atoms with E-state index < -0.39 is 0 Å². The molecular formula is C13H25BrN2. The first-order valence-electron chi connectivity index (χ1n) is 6.92. The average molecular weight is 289 g/mol. The van der Waals surface area contributed by atoms with Gasteiger partial charge in [0.05, 0.1) is 0 Å². The zero-order valence-electron chi connectivity index (χ0n) is 10.3. The van der Waals surface area contributed by atoms with Gasteiger partial charge in [0.2, 0.25) is 0 Å². The minimum Gasteiger partial charge on any atom is -0.303 e. The molecular weight excluding hydrogens is 264 g/mol. The third-order valence-corrected chi connectivity index (χ3v) is 4.79. The van der Waals surface area contributed by atoms with E-state index in [1.807, 2.05) is 0 Å². The molecule has 0 radical (unpaired) electrons. The number of alkyl halides is 1. The molecule has 0 amide bonds. The largest absolute Gasteiger partial charge is 0.303 e. The van der Waals surface area contributed by atoms with Crippen LogP contribution in [0.3, 0.4) is 0 Å². The monoisotopic (exact) mass is 288 g/mol. The van der Waals surface area contributed by atoms with Gasteiger partial charge in [-0.1, -0.05) is 22.4 Å². The number of piperidine rings is 1. The van der Waals surface area contributed by atoms with Gasteiger partial charge in [-0.05, 0) is 64.8 Å². The van der Waals surface area contributed by atoms with Crippen molar-refractivity contribution in [2.24, 2.45) is 0 Å². The van der Waals surface area contributed by atoms with Gasteiger partial charge in [-0.25, -0.2) is 0 Å². The van der Waals surface area contributed by atoms with Gasteiger partial charge in [-0.15, -0.1) is 0 Å². The van der Waals surface area contributed by atoms with E-state index in [9.17, 15) is 0 Å². The first kappa shape index (κ1) is 12.8. The molecule has 0 bridgehead atoms. The summed E-state index contributed by atoms with van der Waals surface area (Å²) >= 11 is 3.66. The van der Waals surface area contributed by atoms with E-state index in [4.69, 9.17) is 0 Å². The average Bonchev–Trinajstić information content (AvgIpc) is 2.83. The molecule has 2 rings (SSSR count). The van der Waals surface area contributed by atoms with E-state index in [-0.39, 0.29) is 0 Å². The van der Waals surface area contributed by atoms with Gasteiger partial charge in [0.25, 0.3) is 0 Å². The summed E-state index contributed by atoms with van der Waals surface area (Å²) in [4.78, 5) is 5.33. The fourth-order valence-electron chi connectivity index (χ4n) is 3.03. The molecule has 0 N–H and O–H groups in total. The second-order valence-electron chi connectivity index (χ2n) is 5.24. The van der Waals surface area contributed by atoms with Gasteiger partial charge in [-0.3, -0.25) is 4.90 Å². The molecule has 1 unspecified atom stereocenters. The van der Waals surface area contributed by atoms with Crippen molar-refractivity contribution in [2.45, 2.75) is 44.6 Å². The van der Waals surface area contributed by atoms with Crippen molar-refractivity contribution in [3.8, 4) is 0 Å². The SMILES string of the molecule is BrCC1CCCCN1CCCN1CCCC1. The molecule has 2 saturated heterocycles. The quantitative estimate of drug-likeness (QED) is 0.718. The van der Waals surface area contributed by atoms with E-state index in [2.05, 4.69) is 25.7 Å². The highest BCUT2D eigenvalue weighted by atomic mass is 79.9. The van der Waals surface area contributed by atoms with E-state index in [0.717, 1.165) is 11.4 Å². The Kier molecular flexibility index (Phi) is 5.60. The van der Waals surface area contributed by atoms with Crippen LogP contribution in [-0.4, -0.2) is 53.9 Å². The molecule has 0 aliphatic carbocycles. The minimum atomic E-state index is 0.812. The first-order valence-corrected chi connectivity index (χ1v) is 8.04. The van der Waals surface area contributed by atoms with Crippen molar-refractivity contribution < 1.29 is 0 Å². The fraction of sp³-hybridized carbons (Fsp3) is 1.00. The summed E-state index contributed by atoms with van der Waals surface area (Å²) in [5.41, 5.74) is 0. The topological polar surface area (TPSA) is 6.48 Å². The van der Waals surface area contributed by atoms with Crippen LogP contribution in [0, 0.1) is 0 Å². The highest BCUT2D eigenvalue weighted by molar-refractivity contribution is 9.09. The number of likely N-dealkylation sites (tertiary alicyclic amines) is 2. The van der Waals surface area contributed by atoms with Crippen LogP contribution in [0.25, 0.3) is 0 Å². The molecule has 0 spiro atoms. The predicted octanol–water partition coefficient (Wildman–Crippen LogP) is 2.72. The van der Waals surface area contributed by atoms with Crippen LogP contribution < -0.4 is 0 Å². The molecule has 0 saturated carbocycles. The van der Waals surface area contributed by atoms with Crippen LogP contribution in [0.1, 0.15) is 38.5 Å². The Balaban J connectivity index is 1.63. The molecule has 16 heavy (non-hydrogen) atoms. The molecule has 2 aliphatic heterocycles. The summed E-state index contributed by atoms with van der Waals surface area (Å²) in [6.07, 6.45) is 8.45. The zero-order valence-corrected chi connectivity index (χ0v) is 11.9. The van der Waals surface area contributed by atoms with E-state index in [0.29, 0.717) is 0 Å². The third-order valence-electron chi connectivity index (χ3n) is 4.05. The number of nitrogens with zero attached hydrogens (tertiary/aromatic N) is 2. The van der Waals surface area contributed by atoms with Gasteiger partial charge in [0.1, 0.15) is 0 Å². The molecule has 3 heteroatoms. The van der Waals surface area contributed by atoms with Gasteiger partial charge in [0.15, 0.2) is 0 Å². The molecule has 2 fully saturated rings. The van der Waals surface area contributed by atoms with Gasteiger partial charge in [0, 0.05) is 11.4 Å². The Morgan fingerprint density at radius 1 is 0.938 bits per heavy atom. The number of halogens is 1. The highest BCUT2D eigenvalue weighted by Gasteiger charge is 2.21. The Hall–Kier alpha value is 0.400. The summed E-state index contributed by atoms with van der Waals surface area (Å²) in [5, 5.41) is 1.16. The Bertz CT molecular complexity index is 192. The molecule has 0 aromatic rings. The lowest BCUT2D eigenvalue weighted by atomic mass is 10.0.